The largest absolute Gasteiger partial charge is 0.507 e. The van der Waals surface area contributed by atoms with Crippen molar-refractivity contribution in [3.63, 3.8) is 0 Å². The fourth-order valence-corrected chi connectivity index (χ4v) is 4.65. The molecule has 5 nitrogen and oxygen atoms in total. The summed E-state index contributed by atoms with van der Waals surface area (Å²) in [5.74, 6) is 0.199. The number of rotatable bonds is 2. The van der Waals surface area contributed by atoms with Crippen LogP contribution in [0.3, 0.4) is 0 Å². The number of benzene rings is 2. The molecule has 2 aromatic carbocycles. The average molecular weight is 407 g/mol. The summed E-state index contributed by atoms with van der Waals surface area (Å²) in [6.07, 6.45) is 4.41. The molecule has 1 aliphatic heterocycles. The Bertz CT molecular complexity index is 1270. The van der Waals surface area contributed by atoms with Gasteiger partial charge in [-0.3, -0.25) is 4.68 Å². The van der Waals surface area contributed by atoms with Crippen molar-refractivity contribution < 1.29 is 5.11 Å². The van der Waals surface area contributed by atoms with Crippen molar-refractivity contribution >= 4 is 39.1 Å². The fourth-order valence-electron chi connectivity index (χ4n) is 4.40. The molecule has 29 heavy (non-hydrogen) atoms. The highest BCUT2D eigenvalue weighted by Crippen LogP contribution is 2.39. The van der Waals surface area contributed by atoms with E-state index >= 15 is 0 Å². The third-order valence-corrected chi connectivity index (χ3v) is 6.23. The van der Waals surface area contributed by atoms with Gasteiger partial charge in [-0.05, 0) is 56.5 Å². The van der Waals surface area contributed by atoms with Gasteiger partial charge in [0.15, 0.2) is 0 Å². The third kappa shape index (κ3) is 2.92. The van der Waals surface area contributed by atoms with Gasteiger partial charge in [0.1, 0.15) is 5.75 Å². The van der Waals surface area contributed by atoms with E-state index in [1.165, 1.54) is 24.1 Å². The summed E-state index contributed by atoms with van der Waals surface area (Å²) in [6.45, 7) is 6.18. The van der Waals surface area contributed by atoms with Gasteiger partial charge in [0.05, 0.1) is 21.7 Å². The molecule has 0 amide bonds. The number of halogens is 1. The molecule has 0 atom stereocenters. The Labute approximate surface area is 174 Å². The van der Waals surface area contributed by atoms with Crippen molar-refractivity contribution in [1.29, 1.82) is 0 Å². The lowest BCUT2D eigenvalue weighted by atomic mass is 10.0. The number of fused-ring (bicyclic) bond motifs is 2. The number of phenols is 1. The molecule has 0 unspecified atom stereocenters. The molecular formula is C23H23ClN4O. The summed E-state index contributed by atoms with van der Waals surface area (Å²) in [5, 5.41) is 17.8. The quantitative estimate of drug-likeness (QED) is 0.486. The van der Waals surface area contributed by atoms with Crippen LogP contribution in [0.2, 0.25) is 5.02 Å². The van der Waals surface area contributed by atoms with Gasteiger partial charge in [0, 0.05) is 53.9 Å². The van der Waals surface area contributed by atoms with Crippen molar-refractivity contribution in [2.24, 2.45) is 7.05 Å². The van der Waals surface area contributed by atoms with Gasteiger partial charge >= 0.3 is 0 Å². The minimum atomic E-state index is 0.199. The van der Waals surface area contributed by atoms with E-state index in [0.29, 0.717) is 16.3 Å². The van der Waals surface area contributed by atoms with Crippen molar-refractivity contribution in [2.75, 3.05) is 18.0 Å². The second-order valence-corrected chi connectivity index (χ2v) is 8.38. The summed E-state index contributed by atoms with van der Waals surface area (Å²) < 4.78 is 1.75. The van der Waals surface area contributed by atoms with Crippen LogP contribution < -0.4 is 4.90 Å². The lowest BCUT2D eigenvalue weighted by molar-refractivity contribution is 0.474. The van der Waals surface area contributed by atoms with Crippen LogP contribution in [-0.2, 0) is 7.05 Å². The SMILES string of the molecule is Cc1cc2nc(-c3cc4cn(C)nc4c(C)c3O)cc(Cl)c2cc1N1CCCC1. The van der Waals surface area contributed by atoms with Crippen LogP contribution in [0.5, 0.6) is 5.75 Å². The molecule has 0 spiro atoms. The first kappa shape index (κ1) is 18.3. The van der Waals surface area contributed by atoms with Gasteiger partial charge in [-0.15, -0.1) is 0 Å². The summed E-state index contributed by atoms with van der Waals surface area (Å²) in [4.78, 5) is 7.28. The van der Waals surface area contributed by atoms with E-state index in [9.17, 15) is 5.11 Å². The molecule has 1 aliphatic rings. The fraction of sp³-hybridized carbons (Fsp3) is 0.304. The Hall–Kier alpha value is -2.79. The number of phenolic OH excluding ortho intramolecular Hbond substituents is 1. The minimum absolute atomic E-state index is 0.199. The van der Waals surface area contributed by atoms with E-state index in [0.717, 1.165) is 40.5 Å². The number of nitrogens with zero attached hydrogens (tertiary/aromatic N) is 4. The Kier molecular flexibility index (Phi) is 4.17. The summed E-state index contributed by atoms with van der Waals surface area (Å²) in [6, 6.07) is 8.04. The highest BCUT2D eigenvalue weighted by Gasteiger charge is 2.19. The highest BCUT2D eigenvalue weighted by atomic mass is 35.5. The number of aromatic hydroxyl groups is 1. The summed E-state index contributed by atoms with van der Waals surface area (Å²) in [7, 11) is 1.88. The van der Waals surface area contributed by atoms with Gasteiger partial charge in [-0.2, -0.15) is 5.10 Å². The molecule has 4 aromatic rings. The molecule has 1 saturated heterocycles. The summed E-state index contributed by atoms with van der Waals surface area (Å²) >= 11 is 6.70. The highest BCUT2D eigenvalue weighted by molar-refractivity contribution is 6.35. The number of aryl methyl sites for hydroxylation is 3. The van der Waals surface area contributed by atoms with E-state index in [1.807, 2.05) is 32.3 Å². The maximum atomic E-state index is 10.8. The zero-order chi connectivity index (χ0) is 20.3. The molecule has 3 heterocycles. The minimum Gasteiger partial charge on any atom is -0.507 e. The number of hydrogen-bond donors (Lipinski definition) is 1. The number of pyridine rings is 1. The summed E-state index contributed by atoms with van der Waals surface area (Å²) in [5.41, 5.74) is 6.17. The molecule has 0 radical (unpaired) electrons. The Morgan fingerprint density at radius 3 is 2.59 bits per heavy atom. The van der Waals surface area contributed by atoms with Crippen LogP contribution in [0, 0.1) is 13.8 Å². The Balaban J connectivity index is 1.69. The molecular weight excluding hydrogens is 384 g/mol. The molecule has 6 heteroatoms. The van der Waals surface area contributed by atoms with Gasteiger partial charge in [-0.1, -0.05) is 11.6 Å². The standard InChI is InChI=1S/C23H23ClN4O/c1-13-8-19-16(10-21(13)28-6-4-5-7-28)18(24)11-20(25-19)17-9-15-12-27(3)26-22(15)14(2)23(17)29/h8-12,29H,4-7H2,1-3H3. The van der Waals surface area contributed by atoms with E-state index in [2.05, 4.69) is 29.1 Å². The van der Waals surface area contributed by atoms with Gasteiger partial charge in [0.25, 0.3) is 0 Å². The van der Waals surface area contributed by atoms with Crippen molar-refractivity contribution in [3.8, 4) is 17.0 Å². The van der Waals surface area contributed by atoms with E-state index in [1.54, 1.807) is 4.68 Å². The van der Waals surface area contributed by atoms with Crippen LogP contribution in [-0.4, -0.2) is 33.0 Å². The molecule has 5 rings (SSSR count). The molecule has 2 aromatic heterocycles. The van der Waals surface area contributed by atoms with Crippen molar-refractivity contribution in [2.45, 2.75) is 26.7 Å². The van der Waals surface area contributed by atoms with Crippen LogP contribution >= 0.6 is 11.6 Å². The second kappa shape index (κ2) is 6.63. The lowest BCUT2D eigenvalue weighted by Gasteiger charge is -2.21. The normalized spacial score (nSPS) is 14.4. The molecule has 148 valence electrons. The van der Waals surface area contributed by atoms with Crippen LogP contribution in [0.15, 0.2) is 30.5 Å². The van der Waals surface area contributed by atoms with Gasteiger partial charge < -0.3 is 10.0 Å². The van der Waals surface area contributed by atoms with Gasteiger partial charge in [-0.25, -0.2) is 4.98 Å². The predicted molar refractivity (Wildman–Crippen MR) is 119 cm³/mol. The number of anilines is 1. The van der Waals surface area contributed by atoms with Crippen LogP contribution in [0.25, 0.3) is 33.1 Å². The van der Waals surface area contributed by atoms with Crippen LogP contribution in [0.1, 0.15) is 24.0 Å². The Morgan fingerprint density at radius 2 is 1.83 bits per heavy atom. The monoisotopic (exact) mass is 406 g/mol. The zero-order valence-corrected chi connectivity index (χ0v) is 17.6. The number of hydrogen-bond acceptors (Lipinski definition) is 4. The molecule has 0 bridgehead atoms. The van der Waals surface area contributed by atoms with E-state index in [4.69, 9.17) is 16.6 Å². The topological polar surface area (TPSA) is 54.2 Å². The van der Waals surface area contributed by atoms with Crippen molar-refractivity contribution in [1.82, 2.24) is 14.8 Å². The maximum absolute atomic E-state index is 10.8. The third-order valence-electron chi connectivity index (χ3n) is 5.92. The maximum Gasteiger partial charge on any atom is 0.130 e. The molecule has 1 N–H and O–H groups in total. The first-order valence-corrected chi connectivity index (χ1v) is 10.3. The second-order valence-electron chi connectivity index (χ2n) is 7.98. The van der Waals surface area contributed by atoms with E-state index in [-0.39, 0.29) is 5.75 Å². The van der Waals surface area contributed by atoms with Crippen LogP contribution in [0.4, 0.5) is 5.69 Å². The molecule has 1 fully saturated rings. The smallest absolute Gasteiger partial charge is 0.130 e. The molecule has 0 saturated carbocycles. The lowest BCUT2D eigenvalue weighted by Crippen LogP contribution is -2.18. The first-order valence-electron chi connectivity index (χ1n) is 9.94. The van der Waals surface area contributed by atoms with E-state index < -0.39 is 0 Å². The predicted octanol–water partition coefficient (Wildman–Crippen LogP) is 5.36. The average Bonchev–Trinajstić information content (AvgIpc) is 3.33. The number of aromatic nitrogens is 3. The molecule has 0 aliphatic carbocycles. The first-order chi connectivity index (χ1) is 13.9. The van der Waals surface area contributed by atoms with Crippen molar-refractivity contribution in [3.05, 3.63) is 46.6 Å². The zero-order valence-electron chi connectivity index (χ0n) is 16.8. The Morgan fingerprint density at radius 1 is 1.07 bits per heavy atom. The van der Waals surface area contributed by atoms with Gasteiger partial charge in [0.2, 0.25) is 0 Å².